The van der Waals surface area contributed by atoms with Gasteiger partial charge >= 0.3 is 5.97 Å². The molecule has 0 spiro atoms. The number of carbonyl (C=O) groups is 1. The van der Waals surface area contributed by atoms with Gasteiger partial charge in [0, 0.05) is 24.5 Å². The number of hydrogen-bond acceptors (Lipinski definition) is 3. The van der Waals surface area contributed by atoms with Gasteiger partial charge in [0.2, 0.25) is 0 Å². The fraction of sp³-hybridized carbons (Fsp3) is 0.533. The normalized spacial score (nSPS) is 30.2. The van der Waals surface area contributed by atoms with Crippen molar-refractivity contribution in [1.29, 1.82) is 0 Å². The standard InChI is InChI=1S/C15H18O4/c16-14(17)15(11-4-3-8-18-10-11)7-9-19-13-6-2-1-5-12(13)15/h1-2,5-6,11H,3-4,7-10H2,(H,16,17). The van der Waals surface area contributed by atoms with E-state index in [-0.39, 0.29) is 5.92 Å². The molecule has 1 fully saturated rings. The topological polar surface area (TPSA) is 55.8 Å². The highest BCUT2D eigenvalue weighted by Crippen LogP contribution is 2.46. The van der Waals surface area contributed by atoms with Gasteiger partial charge in [-0.2, -0.15) is 0 Å². The Bertz CT molecular complexity index is 479. The van der Waals surface area contributed by atoms with Crippen LogP contribution in [0.2, 0.25) is 0 Å². The van der Waals surface area contributed by atoms with Gasteiger partial charge in [0.15, 0.2) is 0 Å². The van der Waals surface area contributed by atoms with Crippen LogP contribution in [-0.4, -0.2) is 30.9 Å². The molecule has 2 aliphatic heterocycles. The molecular weight excluding hydrogens is 244 g/mol. The second kappa shape index (κ2) is 4.85. The molecule has 4 heteroatoms. The molecule has 0 radical (unpaired) electrons. The smallest absolute Gasteiger partial charge is 0.314 e. The van der Waals surface area contributed by atoms with Crippen molar-refractivity contribution in [2.75, 3.05) is 19.8 Å². The molecule has 0 bridgehead atoms. The van der Waals surface area contributed by atoms with Gasteiger partial charge in [-0.05, 0) is 18.9 Å². The number of benzene rings is 1. The predicted octanol–water partition coefficient (Wildman–Crippen LogP) is 2.22. The summed E-state index contributed by atoms with van der Waals surface area (Å²) >= 11 is 0. The number of carboxylic acids is 1. The first-order chi connectivity index (χ1) is 9.25. The summed E-state index contributed by atoms with van der Waals surface area (Å²) in [7, 11) is 0. The summed E-state index contributed by atoms with van der Waals surface area (Å²) in [5.41, 5.74) is -0.0424. The van der Waals surface area contributed by atoms with E-state index in [0.29, 0.717) is 25.4 Å². The van der Waals surface area contributed by atoms with E-state index in [1.807, 2.05) is 24.3 Å². The monoisotopic (exact) mass is 262 g/mol. The van der Waals surface area contributed by atoms with Crippen molar-refractivity contribution in [1.82, 2.24) is 0 Å². The summed E-state index contributed by atoms with van der Waals surface area (Å²) in [6.07, 6.45) is 2.36. The summed E-state index contributed by atoms with van der Waals surface area (Å²) < 4.78 is 11.1. The average Bonchev–Trinajstić information content (AvgIpc) is 2.47. The van der Waals surface area contributed by atoms with E-state index in [2.05, 4.69) is 0 Å². The van der Waals surface area contributed by atoms with Crippen molar-refractivity contribution in [2.24, 2.45) is 5.92 Å². The molecule has 1 N–H and O–H groups in total. The molecule has 0 aromatic heterocycles. The van der Waals surface area contributed by atoms with Crippen LogP contribution in [-0.2, 0) is 14.9 Å². The van der Waals surface area contributed by atoms with Gasteiger partial charge in [0.1, 0.15) is 11.2 Å². The molecule has 19 heavy (non-hydrogen) atoms. The van der Waals surface area contributed by atoms with Crippen LogP contribution >= 0.6 is 0 Å². The Labute approximate surface area is 112 Å². The van der Waals surface area contributed by atoms with Crippen molar-refractivity contribution < 1.29 is 19.4 Å². The van der Waals surface area contributed by atoms with Crippen LogP contribution < -0.4 is 4.74 Å². The molecule has 4 nitrogen and oxygen atoms in total. The summed E-state index contributed by atoms with van der Waals surface area (Å²) in [6.45, 7) is 1.73. The Balaban J connectivity index is 2.08. The van der Waals surface area contributed by atoms with Crippen LogP contribution in [0, 0.1) is 5.92 Å². The van der Waals surface area contributed by atoms with Crippen LogP contribution in [0.25, 0.3) is 0 Å². The molecule has 1 aromatic carbocycles. The van der Waals surface area contributed by atoms with E-state index < -0.39 is 11.4 Å². The minimum atomic E-state index is -0.852. The van der Waals surface area contributed by atoms with Crippen LogP contribution in [0.1, 0.15) is 24.8 Å². The van der Waals surface area contributed by atoms with E-state index in [0.717, 1.165) is 25.0 Å². The van der Waals surface area contributed by atoms with Crippen molar-refractivity contribution >= 4 is 5.97 Å². The van der Waals surface area contributed by atoms with Crippen molar-refractivity contribution in [3.8, 4) is 5.75 Å². The maximum absolute atomic E-state index is 12.0. The molecule has 2 unspecified atom stereocenters. The summed E-state index contributed by atoms with van der Waals surface area (Å²) in [5, 5.41) is 9.88. The zero-order chi connectivity index (χ0) is 13.3. The minimum Gasteiger partial charge on any atom is -0.493 e. The predicted molar refractivity (Wildman–Crippen MR) is 69.4 cm³/mol. The lowest BCUT2D eigenvalue weighted by Crippen LogP contribution is -2.49. The van der Waals surface area contributed by atoms with Crippen LogP contribution in [0.5, 0.6) is 5.75 Å². The molecule has 2 aliphatic rings. The third kappa shape index (κ3) is 1.91. The fourth-order valence-electron chi connectivity index (χ4n) is 3.37. The highest BCUT2D eigenvalue weighted by molar-refractivity contribution is 5.83. The number of fused-ring (bicyclic) bond motifs is 1. The first-order valence-electron chi connectivity index (χ1n) is 6.78. The van der Waals surface area contributed by atoms with Gasteiger partial charge in [-0.3, -0.25) is 4.79 Å². The van der Waals surface area contributed by atoms with Crippen molar-refractivity contribution in [3.63, 3.8) is 0 Å². The van der Waals surface area contributed by atoms with Crippen LogP contribution in [0.4, 0.5) is 0 Å². The van der Waals surface area contributed by atoms with Crippen molar-refractivity contribution in [2.45, 2.75) is 24.7 Å². The van der Waals surface area contributed by atoms with E-state index in [1.54, 1.807) is 0 Å². The Morgan fingerprint density at radius 2 is 2.16 bits per heavy atom. The maximum atomic E-state index is 12.0. The maximum Gasteiger partial charge on any atom is 0.314 e. The number of carboxylic acid groups (broad SMARTS) is 1. The molecule has 0 aliphatic carbocycles. The molecular formula is C15H18O4. The van der Waals surface area contributed by atoms with Crippen molar-refractivity contribution in [3.05, 3.63) is 29.8 Å². The molecule has 102 valence electrons. The van der Waals surface area contributed by atoms with Gasteiger partial charge in [-0.25, -0.2) is 0 Å². The molecule has 3 rings (SSSR count). The minimum absolute atomic E-state index is 0.0313. The zero-order valence-corrected chi connectivity index (χ0v) is 10.8. The highest BCUT2D eigenvalue weighted by atomic mass is 16.5. The number of para-hydroxylation sites is 1. The Morgan fingerprint density at radius 3 is 2.89 bits per heavy atom. The highest BCUT2D eigenvalue weighted by Gasteiger charge is 2.50. The Hall–Kier alpha value is -1.55. The van der Waals surface area contributed by atoms with Crippen LogP contribution in [0.15, 0.2) is 24.3 Å². The SMILES string of the molecule is O=C(O)C1(C2CCCOC2)CCOc2ccccc21. The lowest BCUT2D eigenvalue weighted by molar-refractivity contribution is -0.150. The van der Waals surface area contributed by atoms with E-state index in [1.165, 1.54) is 0 Å². The van der Waals surface area contributed by atoms with Gasteiger partial charge in [-0.15, -0.1) is 0 Å². The number of ether oxygens (including phenoxy) is 2. The number of rotatable bonds is 2. The molecule has 0 amide bonds. The summed E-state index contributed by atoms with van der Waals surface area (Å²) in [4.78, 5) is 12.0. The Kier molecular flexibility index (Phi) is 3.19. The second-order valence-electron chi connectivity index (χ2n) is 5.29. The van der Waals surface area contributed by atoms with Crippen LogP contribution in [0.3, 0.4) is 0 Å². The third-order valence-corrected chi connectivity index (χ3v) is 4.36. The van der Waals surface area contributed by atoms with Gasteiger partial charge in [-0.1, -0.05) is 18.2 Å². The lowest BCUT2D eigenvalue weighted by Gasteiger charge is -2.42. The number of aliphatic carboxylic acids is 1. The number of hydrogen-bond donors (Lipinski definition) is 1. The molecule has 0 saturated carbocycles. The lowest BCUT2D eigenvalue weighted by atomic mass is 9.65. The second-order valence-corrected chi connectivity index (χ2v) is 5.29. The third-order valence-electron chi connectivity index (χ3n) is 4.36. The first kappa shape index (κ1) is 12.5. The molecule has 2 heterocycles. The molecule has 2 atom stereocenters. The zero-order valence-electron chi connectivity index (χ0n) is 10.8. The molecule has 1 aromatic rings. The van der Waals surface area contributed by atoms with E-state index in [9.17, 15) is 9.90 Å². The quantitative estimate of drug-likeness (QED) is 0.888. The van der Waals surface area contributed by atoms with Gasteiger partial charge in [0.25, 0.3) is 0 Å². The van der Waals surface area contributed by atoms with Gasteiger partial charge in [0.05, 0.1) is 13.2 Å². The average molecular weight is 262 g/mol. The van der Waals surface area contributed by atoms with Gasteiger partial charge < -0.3 is 14.6 Å². The molecule has 1 saturated heterocycles. The summed E-state index contributed by atoms with van der Waals surface area (Å²) in [6, 6.07) is 7.51. The Morgan fingerprint density at radius 1 is 1.32 bits per heavy atom. The summed E-state index contributed by atoms with van der Waals surface area (Å²) in [5.74, 6) is -0.00993. The largest absolute Gasteiger partial charge is 0.493 e. The fourth-order valence-corrected chi connectivity index (χ4v) is 3.37. The van der Waals surface area contributed by atoms with E-state index >= 15 is 0 Å². The van der Waals surface area contributed by atoms with E-state index in [4.69, 9.17) is 9.47 Å². The first-order valence-corrected chi connectivity index (χ1v) is 6.78.